The lowest BCUT2D eigenvalue weighted by atomic mass is 10.1. The Labute approximate surface area is 116 Å². The average Bonchev–Trinajstić information content (AvgIpc) is 2.62. The first-order valence-electron chi connectivity index (χ1n) is 5.67. The van der Waals surface area contributed by atoms with E-state index < -0.39 is 11.8 Å². The highest BCUT2D eigenvalue weighted by atomic mass is 32.1. The Morgan fingerprint density at radius 3 is 2.26 bits per heavy atom. The lowest BCUT2D eigenvalue weighted by Crippen LogP contribution is -2.50. The summed E-state index contributed by atoms with van der Waals surface area (Å²) in [6.07, 6.45) is 0. The van der Waals surface area contributed by atoms with Crippen LogP contribution in [0, 0.1) is 0 Å². The maximum absolute atomic E-state index is 12.0. The maximum atomic E-state index is 12.0. The van der Waals surface area contributed by atoms with Gasteiger partial charge in [-0.05, 0) is 31.3 Å². The molecule has 2 rings (SSSR count). The van der Waals surface area contributed by atoms with E-state index in [0.29, 0.717) is 17.7 Å². The van der Waals surface area contributed by atoms with Crippen molar-refractivity contribution >= 4 is 29.1 Å². The molecule has 6 heteroatoms. The molecule has 0 fully saturated rings. The summed E-state index contributed by atoms with van der Waals surface area (Å²) >= 11 is 5.02. The summed E-state index contributed by atoms with van der Waals surface area (Å²) in [7, 11) is 0. The molecule has 0 unspecified atom stereocenters. The fourth-order valence-corrected chi connectivity index (χ4v) is 1.83. The van der Waals surface area contributed by atoms with Gasteiger partial charge in [0.25, 0.3) is 11.8 Å². The number of hydrogen-bond donors (Lipinski definition) is 2. The zero-order valence-corrected chi connectivity index (χ0v) is 11.2. The molecule has 1 heterocycles. The summed E-state index contributed by atoms with van der Waals surface area (Å²) in [6, 6.07) is 6.65. The van der Waals surface area contributed by atoms with E-state index in [0.717, 1.165) is 10.6 Å². The molecule has 5 nitrogen and oxygen atoms in total. The van der Waals surface area contributed by atoms with Crippen molar-refractivity contribution in [3.8, 4) is 0 Å². The van der Waals surface area contributed by atoms with Crippen molar-refractivity contribution in [1.29, 1.82) is 0 Å². The Kier molecular flexibility index (Phi) is 3.62. The molecule has 0 aliphatic carbocycles. The van der Waals surface area contributed by atoms with Crippen LogP contribution in [0.15, 0.2) is 36.4 Å². The lowest BCUT2D eigenvalue weighted by Gasteiger charge is -2.17. The smallest absolute Gasteiger partial charge is 0.280 e. The molecular formula is C13H13N3O2S. The van der Waals surface area contributed by atoms with Crippen LogP contribution < -0.4 is 10.7 Å². The lowest BCUT2D eigenvalue weighted by molar-refractivity contribution is 0.0611. The summed E-state index contributed by atoms with van der Waals surface area (Å²) < 4.78 is 0. The first kappa shape index (κ1) is 13.2. The van der Waals surface area contributed by atoms with Gasteiger partial charge in [-0.25, -0.2) is 0 Å². The fourth-order valence-electron chi connectivity index (χ4n) is 1.66. The Morgan fingerprint density at radius 2 is 1.79 bits per heavy atom. The van der Waals surface area contributed by atoms with Gasteiger partial charge in [-0.15, -0.1) is 0 Å². The molecule has 0 aromatic heterocycles. The standard InChI is InChI=1S/C13H13N3O2S/c1-8(2)7-14-13(19)15-16-11(17)9-5-3-4-6-10(9)12(16)18/h3-6H,1,7H2,2H3,(H2,14,15,19). The highest BCUT2D eigenvalue weighted by Gasteiger charge is 2.35. The van der Waals surface area contributed by atoms with Crippen LogP contribution in [0.3, 0.4) is 0 Å². The van der Waals surface area contributed by atoms with E-state index in [4.69, 9.17) is 12.2 Å². The van der Waals surface area contributed by atoms with Crippen LogP contribution in [-0.4, -0.2) is 28.5 Å². The van der Waals surface area contributed by atoms with Crippen molar-refractivity contribution in [2.24, 2.45) is 0 Å². The second kappa shape index (κ2) is 5.19. The summed E-state index contributed by atoms with van der Waals surface area (Å²) in [6.45, 7) is 6.05. The molecule has 1 aromatic carbocycles. The minimum atomic E-state index is -0.403. The predicted octanol–water partition coefficient (Wildman–Crippen LogP) is 1.24. The zero-order chi connectivity index (χ0) is 14.0. The summed E-state index contributed by atoms with van der Waals surface area (Å²) in [5.41, 5.74) is 4.24. The third kappa shape index (κ3) is 2.63. The first-order valence-corrected chi connectivity index (χ1v) is 6.08. The van der Waals surface area contributed by atoms with Crippen LogP contribution in [-0.2, 0) is 0 Å². The maximum Gasteiger partial charge on any atom is 0.280 e. The van der Waals surface area contributed by atoms with Crippen LogP contribution >= 0.6 is 12.2 Å². The Hall–Kier alpha value is -2.21. The van der Waals surface area contributed by atoms with Crippen LogP contribution in [0.4, 0.5) is 0 Å². The van der Waals surface area contributed by atoms with Gasteiger partial charge in [-0.3, -0.25) is 15.0 Å². The van der Waals surface area contributed by atoms with Crippen LogP contribution in [0.1, 0.15) is 27.6 Å². The molecule has 0 bridgehead atoms. The summed E-state index contributed by atoms with van der Waals surface area (Å²) in [5, 5.41) is 3.97. The second-order valence-corrected chi connectivity index (χ2v) is 4.65. The largest absolute Gasteiger partial charge is 0.358 e. The molecule has 0 spiro atoms. The number of nitrogens with zero attached hydrogens (tertiary/aromatic N) is 1. The van der Waals surface area contributed by atoms with Gasteiger partial charge in [0.05, 0.1) is 11.1 Å². The fraction of sp³-hybridized carbons (Fsp3) is 0.154. The van der Waals surface area contributed by atoms with E-state index in [1.54, 1.807) is 24.3 Å². The Bertz CT molecular complexity index is 548. The number of benzene rings is 1. The molecule has 19 heavy (non-hydrogen) atoms. The van der Waals surface area contributed by atoms with Gasteiger partial charge in [-0.1, -0.05) is 24.3 Å². The molecule has 1 aliphatic heterocycles. The Balaban J connectivity index is 2.08. The monoisotopic (exact) mass is 275 g/mol. The molecule has 0 saturated heterocycles. The van der Waals surface area contributed by atoms with E-state index in [1.807, 2.05) is 6.92 Å². The van der Waals surface area contributed by atoms with Crippen molar-refractivity contribution < 1.29 is 9.59 Å². The van der Waals surface area contributed by atoms with Crippen molar-refractivity contribution in [2.45, 2.75) is 6.92 Å². The van der Waals surface area contributed by atoms with Crippen LogP contribution in [0.2, 0.25) is 0 Å². The number of hydrogen-bond acceptors (Lipinski definition) is 3. The molecule has 1 aliphatic rings. The van der Waals surface area contributed by atoms with Gasteiger partial charge in [0.1, 0.15) is 0 Å². The van der Waals surface area contributed by atoms with E-state index >= 15 is 0 Å². The molecule has 2 N–H and O–H groups in total. The zero-order valence-electron chi connectivity index (χ0n) is 10.4. The predicted molar refractivity (Wildman–Crippen MR) is 75.5 cm³/mol. The number of rotatable bonds is 3. The number of imide groups is 1. The molecule has 0 radical (unpaired) electrons. The third-order valence-corrected chi connectivity index (χ3v) is 2.79. The number of carbonyl (C=O) groups excluding carboxylic acids is 2. The number of nitrogens with one attached hydrogen (secondary N) is 2. The second-order valence-electron chi connectivity index (χ2n) is 4.24. The minimum Gasteiger partial charge on any atom is -0.358 e. The van der Waals surface area contributed by atoms with Gasteiger partial charge in [0, 0.05) is 6.54 Å². The van der Waals surface area contributed by atoms with Crippen molar-refractivity contribution in [1.82, 2.24) is 15.8 Å². The van der Waals surface area contributed by atoms with Gasteiger partial charge < -0.3 is 5.32 Å². The average molecular weight is 275 g/mol. The molecule has 0 atom stereocenters. The molecule has 2 amide bonds. The molecule has 0 saturated carbocycles. The number of carbonyl (C=O) groups is 2. The number of hydrazine groups is 1. The number of fused-ring (bicyclic) bond motifs is 1. The van der Waals surface area contributed by atoms with Crippen molar-refractivity contribution in [2.75, 3.05) is 6.54 Å². The SMILES string of the molecule is C=C(C)CNC(=S)NN1C(=O)c2ccccc2C1=O. The summed E-state index contributed by atoms with van der Waals surface area (Å²) in [5.74, 6) is -0.805. The van der Waals surface area contributed by atoms with E-state index in [2.05, 4.69) is 17.3 Å². The number of thiocarbonyl (C=S) groups is 1. The third-order valence-electron chi connectivity index (χ3n) is 2.56. The van der Waals surface area contributed by atoms with Gasteiger partial charge >= 0.3 is 0 Å². The van der Waals surface area contributed by atoms with Gasteiger partial charge in [0.2, 0.25) is 0 Å². The normalized spacial score (nSPS) is 13.2. The minimum absolute atomic E-state index is 0.206. The van der Waals surface area contributed by atoms with Crippen LogP contribution in [0.5, 0.6) is 0 Å². The van der Waals surface area contributed by atoms with Crippen molar-refractivity contribution in [3.63, 3.8) is 0 Å². The summed E-state index contributed by atoms with van der Waals surface area (Å²) in [4.78, 5) is 24.0. The van der Waals surface area contributed by atoms with E-state index in [-0.39, 0.29) is 5.11 Å². The molecular weight excluding hydrogens is 262 g/mol. The van der Waals surface area contributed by atoms with E-state index in [1.165, 1.54) is 0 Å². The van der Waals surface area contributed by atoms with Gasteiger partial charge in [-0.2, -0.15) is 5.01 Å². The first-order chi connectivity index (χ1) is 9.00. The number of amides is 2. The van der Waals surface area contributed by atoms with E-state index in [9.17, 15) is 9.59 Å². The van der Waals surface area contributed by atoms with Gasteiger partial charge in [0.15, 0.2) is 5.11 Å². The highest BCUT2D eigenvalue weighted by molar-refractivity contribution is 7.80. The topological polar surface area (TPSA) is 61.4 Å². The van der Waals surface area contributed by atoms with Crippen molar-refractivity contribution in [3.05, 3.63) is 47.5 Å². The molecule has 98 valence electrons. The quantitative estimate of drug-likeness (QED) is 0.494. The van der Waals surface area contributed by atoms with Crippen LogP contribution in [0.25, 0.3) is 0 Å². The Morgan fingerprint density at radius 1 is 1.26 bits per heavy atom. The molecule has 1 aromatic rings. The highest BCUT2D eigenvalue weighted by Crippen LogP contribution is 2.20.